The Labute approximate surface area is 117 Å². The molecule has 112 valence electrons. The Bertz CT molecular complexity index is 432. The fourth-order valence-corrected chi connectivity index (χ4v) is 1.53. The summed E-state index contributed by atoms with van der Waals surface area (Å²) in [5.41, 5.74) is 0.708. The summed E-state index contributed by atoms with van der Waals surface area (Å²) in [7, 11) is 0. The third kappa shape index (κ3) is 6.28. The lowest BCUT2D eigenvalue weighted by molar-refractivity contribution is -0.120. The molecule has 0 aliphatic carbocycles. The number of hydrogen-bond acceptors (Lipinski definition) is 5. The minimum atomic E-state index is -0.496. The monoisotopic (exact) mass is 283 g/mol. The lowest BCUT2D eigenvalue weighted by Gasteiger charge is -2.05. The summed E-state index contributed by atoms with van der Waals surface area (Å²) in [5, 5.41) is 21.2. The molecule has 0 radical (unpaired) electrons. The van der Waals surface area contributed by atoms with E-state index in [0.29, 0.717) is 25.1 Å². The molecule has 0 spiro atoms. The average molecular weight is 283 g/mol. The summed E-state index contributed by atoms with van der Waals surface area (Å²) < 4.78 is 1.36. The second kappa shape index (κ2) is 9.03. The maximum atomic E-state index is 11.6. The quantitative estimate of drug-likeness (QED) is 0.574. The van der Waals surface area contributed by atoms with Gasteiger partial charge >= 0.3 is 6.03 Å². The first-order valence-corrected chi connectivity index (χ1v) is 6.73. The standard InChI is InChI=1S/C12H21N5O3/c1-2-3-6-13-12(20)14-11(19)9-17-8-10(15-16-17)5-4-7-18/h8,18H,2-7,9H2,1H3,(H2,13,14,19,20). The van der Waals surface area contributed by atoms with Crippen LogP contribution in [0.25, 0.3) is 0 Å². The highest BCUT2D eigenvalue weighted by molar-refractivity contribution is 5.94. The van der Waals surface area contributed by atoms with Crippen LogP contribution in [0.1, 0.15) is 31.9 Å². The van der Waals surface area contributed by atoms with Crippen molar-refractivity contribution < 1.29 is 14.7 Å². The number of unbranched alkanes of at least 4 members (excludes halogenated alkanes) is 1. The number of aliphatic hydroxyl groups excluding tert-OH is 1. The third-order valence-corrected chi connectivity index (χ3v) is 2.55. The van der Waals surface area contributed by atoms with E-state index in [1.165, 1.54) is 4.68 Å². The number of rotatable bonds is 8. The number of carbonyl (C=O) groups excluding carboxylic acids is 2. The van der Waals surface area contributed by atoms with Crippen molar-refractivity contribution in [3.63, 3.8) is 0 Å². The van der Waals surface area contributed by atoms with Crippen LogP contribution >= 0.6 is 0 Å². The van der Waals surface area contributed by atoms with E-state index in [2.05, 4.69) is 20.9 Å². The van der Waals surface area contributed by atoms with Crippen molar-refractivity contribution in [2.75, 3.05) is 13.2 Å². The molecule has 8 heteroatoms. The van der Waals surface area contributed by atoms with Crippen LogP contribution in [-0.2, 0) is 17.8 Å². The molecule has 0 unspecified atom stereocenters. The number of hydrogen-bond donors (Lipinski definition) is 3. The van der Waals surface area contributed by atoms with Gasteiger partial charge in [0, 0.05) is 19.3 Å². The van der Waals surface area contributed by atoms with E-state index in [0.717, 1.165) is 12.8 Å². The van der Waals surface area contributed by atoms with Crippen LogP contribution in [-0.4, -0.2) is 45.2 Å². The minimum absolute atomic E-state index is 0.0622. The van der Waals surface area contributed by atoms with E-state index in [4.69, 9.17) is 5.11 Å². The number of imide groups is 1. The molecule has 0 bridgehead atoms. The first-order chi connectivity index (χ1) is 9.65. The molecule has 3 amide bonds. The summed E-state index contributed by atoms with van der Waals surface area (Å²) in [5.74, 6) is -0.447. The zero-order valence-electron chi connectivity index (χ0n) is 11.6. The number of aromatic nitrogens is 3. The van der Waals surface area contributed by atoms with Crippen LogP contribution in [0.15, 0.2) is 6.20 Å². The molecule has 20 heavy (non-hydrogen) atoms. The Morgan fingerprint density at radius 3 is 2.90 bits per heavy atom. The number of amides is 3. The van der Waals surface area contributed by atoms with E-state index in [1.54, 1.807) is 6.20 Å². The highest BCUT2D eigenvalue weighted by Crippen LogP contribution is 1.97. The Kier molecular flexibility index (Phi) is 7.26. The molecule has 3 N–H and O–H groups in total. The fourth-order valence-electron chi connectivity index (χ4n) is 1.53. The molecule has 1 heterocycles. The van der Waals surface area contributed by atoms with Crippen LogP contribution in [0, 0.1) is 0 Å². The second-order valence-electron chi connectivity index (χ2n) is 4.39. The SMILES string of the molecule is CCCCNC(=O)NC(=O)Cn1cc(CCCO)nn1. The van der Waals surface area contributed by atoms with Gasteiger partial charge in [-0.2, -0.15) is 0 Å². The molecule has 0 fully saturated rings. The summed E-state index contributed by atoms with van der Waals surface area (Å²) >= 11 is 0. The van der Waals surface area contributed by atoms with Crippen LogP contribution < -0.4 is 10.6 Å². The smallest absolute Gasteiger partial charge is 0.321 e. The summed E-state index contributed by atoms with van der Waals surface area (Å²) in [6.45, 7) is 2.59. The predicted molar refractivity (Wildman–Crippen MR) is 71.9 cm³/mol. The third-order valence-electron chi connectivity index (χ3n) is 2.55. The van der Waals surface area contributed by atoms with Gasteiger partial charge in [-0.3, -0.25) is 10.1 Å². The van der Waals surface area contributed by atoms with Gasteiger partial charge in [-0.1, -0.05) is 18.6 Å². The molecule has 1 aromatic heterocycles. The van der Waals surface area contributed by atoms with E-state index in [1.807, 2.05) is 6.92 Å². The lowest BCUT2D eigenvalue weighted by atomic mass is 10.3. The molecule has 8 nitrogen and oxygen atoms in total. The number of aryl methyl sites for hydroxylation is 1. The average Bonchev–Trinajstić information content (AvgIpc) is 2.84. The van der Waals surface area contributed by atoms with Crippen molar-refractivity contribution in [2.45, 2.75) is 39.2 Å². The topological polar surface area (TPSA) is 109 Å². The Morgan fingerprint density at radius 1 is 1.40 bits per heavy atom. The van der Waals surface area contributed by atoms with Crippen LogP contribution in [0.5, 0.6) is 0 Å². The molecule has 0 aromatic carbocycles. The number of urea groups is 1. The summed E-state index contributed by atoms with van der Waals surface area (Å²) in [6, 6.07) is -0.496. The van der Waals surface area contributed by atoms with Crippen molar-refractivity contribution in [1.82, 2.24) is 25.6 Å². The van der Waals surface area contributed by atoms with E-state index < -0.39 is 11.9 Å². The maximum absolute atomic E-state index is 11.6. The Hall–Kier alpha value is -1.96. The van der Waals surface area contributed by atoms with Gasteiger partial charge in [0.25, 0.3) is 0 Å². The van der Waals surface area contributed by atoms with Crippen molar-refractivity contribution in [3.8, 4) is 0 Å². The number of aliphatic hydroxyl groups is 1. The maximum Gasteiger partial charge on any atom is 0.321 e. The van der Waals surface area contributed by atoms with Gasteiger partial charge < -0.3 is 10.4 Å². The first-order valence-electron chi connectivity index (χ1n) is 6.73. The van der Waals surface area contributed by atoms with E-state index in [-0.39, 0.29) is 13.2 Å². The summed E-state index contributed by atoms with van der Waals surface area (Å²) in [4.78, 5) is 22.9. The van der Waals surface area contributed by atoms with Crippen molar-refractivity contribution in [2.24, 2.45) is 0 Å². The molecule has 1 aromatic rings. The van der Waals surface area contributed by atoms with Crippen molar-refractivity contribution in [3.05, 3.63) is 11.9 Å². The van der Waals surface area contributed by atoms with Gasteiger partial charge in [0.05, 0.1) is 5.69 Å². The van der Waals surface area contributed by atoms with Crippen LogP contribution in [0.2, 0.25) is 0 Å². The summed E-state index contributed by atoms with van der Waals surface area (Å²) in [6.07, 6.45) is 4.69. The predicted octanol–water partition coefficient (Wildman–Crippen LogP) is -0.171. The fraction of sp³-hybridized carbons (Fsp3) is 0.667. The van der Waals surface area contributed by atoms with Crippen molar-refractivity contribution >= 4 is 11.9 Å². The van der Waals surface area contributed by atoms with Gasteiger partial charge in [-0.15, -0.1) is 5.10 Å². The number of carbonyl (C=O) groups is 2. The highest BCUT2D eigenvalue weighted by Gasteiger charge is 2.09. The zero-order valence-corrected chi connectivity index (χ0v) is 11.6. The molecular weight excluding hydrogens is 262 g/mol. The first kappa shape index (κ1) is 16.1. The molecule has 0 saturated heterocycles. The molecule has 0 aliphatic heterocycles. The molecule has 0 aliphatic rings. The highest BCUT2D eigenvalue weighted by atomic mass is 16.3. The van der Waals surface area contributed by atoms with E-state index >= 15 is 0 Å². The van der Waals surface area contributed by atoms with Gasteiger partial charge in [0.2, 0.25) is 5.91 Å². The zero-order chi connectivity index (χ0) is 14.8. The van der Waals surface area contributed by atoms with Gasteiger partial charge in [0.15, 0.2) is 0 Å². The Morgan fingerprint density at radius 2 is 2.20 bits per heavy atom. The lowest BCUT2D eigenvalue weighted by Crippen LogP contribution is -2.41. The molecule has 0 saturated carbocycles. The van der Waals surface area contributed by atoms with Crippen molar-refractivity contribution in [1.29, 1.82) is 0 Å². The molecule has 0 atom stereocenters. The van der Waals surface area contributed by atoms with Crippen LogP contribution in [0.3, 0.4) is 0 Å². The van der Waals surface area contributed by atoms with Crippen LogP contribution in [0.4, 0.5) is 4.79 Å². The van der Waals surface area contributed by atoms with Gasteiger partial charge in [-0.25, -0.2) is 9.48 Å². The normalized spacial score (nSPS) is 10.3. The minimum Gasteiger partial charge on any atom is -0.396 e. The largest absolute Gasteiger partial charge is 0.396 e. The Balaban J connectivity index is 2.30. The van der Waals surface area contributed by atoms with Gasteiger partial charge in [0.1, 0.15) is 6.54 Å². The second-order valence-corrected chi connectivity index (χ2v) is 4.39. The number of nitrogens with zero attached hydrogens (tertiary/aromatic N) is 3. The van der Waals surface area contributed by atoms with Gasteiger partial charge in [-0.05, 0) is 19.3 Å². The van der Waals surface area contributed by atoms with E-state index in [9.17, 15) is 9.59 Å². The number of nitrogens with one attached hydrogen (secondary N) is 2. The molecule has 1 rings (SSSR count). The molecular formula is C12H21N5O3.